The Kier molecular flexibility index (Phi) is 4.07. The molecule has 0 radical (unpaired) electrons. The molecule has 2 aliphatic rings. The van der Waals surface area contributed by atoms with Crippen LogP contribution < -0.4 is 16.4 Å². The van der Waals surface area contributed by atoms with Crippen molar-refractivity contribution in [2.45, 2.75) is 57.7 Å². The lowest BCUT2D eigenvalue weighted by atomic mass is 9.54. The highest BCUT2D eigenvalue weighted by atomic mass is 16.5. The lowest BCUT2D eigenvalue weighted by molar-refractivity contribution is -0.170. The Morgan fingerprint density at radius 1 is 1.35 bits per heavy atom. The number of hydrogen-bond donors (Lipinski definition) is 3. The second-order valence-corrected chi connectivity index (χ2v) is 6.37. The summed E-state index contributed by atoms with van der Waals surface area (Å²) in [5.74, 6) is -0.424. The Morgan fingerprint density at radius 3 is 2.50 bits per heavy atom. The molecule has 2 rings (SSSR count). The molecule has 2 fully saturated rings. The molecule has 4 N–H and O–H groups in total. The Morgan fingerprint density at radius 2 is 2.00 bits per heavy atom. The molecule has 0 bridgehead atoms. The van der Waals surface area contributed by atoms with Crippen LogP contribution in [0.5, 0.6) is 0 Å². The van der Waals surface area contributed by atoms with Crippen LogP contribution in [0, 0.1) is 5.41 Å². The molecular formula is C14H25N3O3. The molecule has 2 saturated carbocycles. The maximum absolute atomic E-state index is 12.2. The van der Waals surface area contributed by atoms with E-state index in [2.05, 4.69) is 10.6 Å². The van der Waals surface area contributed by atoms with E-state index >= 15 is 0 Å². The van der Waals surface area contributed by atoms with E-state index < -0.39 is 11.0 Å². The zero-order chi connectivity index (χ0) is 15.0. The van der Waals surface area contributed by atoms with Crippen molar-refractivity contribution in [3.8, 4) is 0 Å². The highest BCUT2D eigenvalue weighted by Gasteiger charge is 2.62. The van der Waals surface area contributed by atoms with Gasteiger partial charge in [-0.1, -0.05) is 13.8 Å². The molecule has 0 aliphatic heterocycles. The van der Waals surface area contributed by atoms with Crippen LogP contribution in [0.1, 0.15) is 40.0 Å². The largest absolute Gasteiger partial charge is 0.378 e. The number of ether oxygens (including phenoxy) is 1. The molecule has 0 aromatic rings. The maximum Gasteiger partial charge on any atom is 0.241 e. The third-order valence-electron chi connectivity index (χ3n) is 4.59. The minimum Gasteiger partial charge on any atom is -0.378 e. The number of amides is 2. The third-order valence-corrected chi connectivity index (χ3v) is 4.59. The summed E-state index contributed by atoms with van der Waals surface area (Å²) >= 11 is 0. The number of carbonyl (C=O) groups excluding carboxylic acids is 2. The number of rotatable bonds is 6. The third kappa shape index (κ3) is 2.67. The first-order valence-corrected chi connectivity index (χ1v) is 7.29. The van der Waals surface area contributed by atoms with Crippen molar-refractivity contribution in [2.75, 3.05) is 13.2 Å². The molecular weight excluding hydrogens is 258 g/mol. The highest BCUT2D eigenvalue weighted by molar-refractivity contribution is 5.92. The first-order chi connectivity index (χ1) is 9.31. The van der Waals surface area contributed by atoms with Crippen molar-refractivity contribution in [3.63, 3.8) is 0 Å². The molecule has 0 saturated heterocycles. The van der Waals surface area contributed by atoms with E-state index in [0.29, 0.717) is 19.1 Å². The van der Waals surface area contributed by atoms with Gasteiger partial charge in [-0.05, 0) is 19.8 Å². The Bertz CT molecular complexity index is 406. The first-order valence-electron chi connectivity index (χ1n) is 7.29. The molecule has 114 valence electrons. The van der Waals surface area contributed by atoms with Crippen LogP contribution in [0.2, 0.25) is 0 Å². The molecule has 20 heavy (non-hydrogen) atoms. The van der Waals surface area contributed by atoms with Gasteiger partial charge in [0.05, 0.1) is 12.6 Å². The number of nitrogens with one attached hydrogen (secondary N) is 2. The minimum absolute atomic E-state index is 0.0103. The number of hydrogen-bond acceptors (Lipinski definition) is 4. The standard InChI is InChI=1S/C14H25N3O3/c1-4-20-10-7-14(15,13(10,2)3)12(19)16-8-11(18)17-9-5-6-9/h9-10H,4-8,15H2,1-3H3,(H,16,19)(H,17,18)/t10-,14+/m1/s1. The fourth-order valence-electron chi connectivity index (χ4n) is 2.65. The molecule has 2 aliphatic carbocycles. The predicted molar refractivity (Wildman–Crippen MR) is 74.9 cm³/mol. The Balaban J connectivity index is 1.83. The molecule has 0 unspecified atom stereocenters. The van der Waals surface area contributed by atoms with Gasteiger partial charge < -0.3 is 21.1 Å². The lowest BCUT2D eigenvalue weighted by Crippen LogP contribution is -2.76. The maximum atomic E-state index is 12.2. The van der Waals surface area contributed by atoms with Crippen LogP contribution in [0.15, 0.2) is 0 Å². The molecule has 2 atom stereocenters. The topological polar surface area (TPSA) is 93.4 Å². The number of nitrogens with two attached hydrogens (primary N) is 1. The van der Waals surface area contributed by atoms with Gasteiger partial charge in [0.15, 0.2) is 0 Å². The number of carbonyl (C=O) groups is 2. The fourth-order valence-corrected chi connectivity index (χ4v) is 2.65. The molecule has 0 aromatic heterocycles. The summed E-state index contributed by atoms with van der Waals surface area (Å²) in [6.07, 6.45) is 2.54. The summed E-state index contributed by atoms with van der Waals surface area (Å²) in [4.78, 5) is 23.8. The second-order valence-electron chi connectivity index (χ2n) is 6.37. The van der Waals surface area contributed by atoms with Crippen molar-refractivity contribution in [2.24, 2.45) is 11.1 Å². The van der Waals surface area contributed by atoms with E-state index in [9.17, 15) is 9.59 Å². The SMILES string of the molecule is CCO[C@@H]1C[C@](N)(C(=O)NCC(=O)NC2CC2)C1(C)C. The first kappa shape index (κ1) is 15.3. The van der Waals surface area contributed by atoms with E-state index in [0.717, 1.165) is 12.8 Å². The Hall–Kier alpha value is -1.14. The predicted octanol–water partition coefficient (Wildman–Crippen LogP) is -0.0863. The zero-order valence-electron chi connectivity index (χ0n) is 12.5. The van der Waals surface area contributed by atoms with E-state index in [1.807, 2.05) is 20.8 Å². The minimum atomic E-state index is -0.966. The Labute approximate surface area is 119 Å². The van der Waals surface area contributed by atoms with Gasteiger partial charge in [0.25, 0.3) is 0 Å². The normalized spacial score (nSPS) is 31.3. The van der Waals surface area contributed by atoms with E-state index in [4.69, 9.17) is 10.5 Å². The van der Waals surface area contributed by atoms with Gasteiger partial charge in [0.1, 0.15) is 5.54 Å². The van der Waals surface area contributed by atoms with Crippen LogP contribution in [-0.2, 0) is 14.3 Å². The fraction of sp³-hybridized carbons (Fsp3) is 0.857. The summed E-state index contributed by atoms with van der Waals surface area (Å²) in [7, 11) is 0. The summed E-state index contributed by atoms with van der Waals surface area (Å²) in [6, 6.07) is 0.300. The second kappa shape index (κ2) is 5.33. The molecule has 6 nitrogen and oxygen atoms in total. The van der Waals surface area contributed by atoms with Crippen LogP contribution in [0.4, 0.5) is 0 Å². The van der Waals surface area contributed by atoms with Gasteiger partial charge in [0, 0.05) is 24.5 Å². The van der Waals surface area contributed by atoms with Crippen LogP contribution >= 0.6 is 0 Å². The van der Waals surface area contributed by atoms with Crippen LogP contribution in [0.25, 0.3) is 0 Å². The summed E-state index contributed by atoms with van der Waals surface area (Å²) in [6.45, 7) is 6.38. The van der Waals surface area contributed by atoms with Gasteiger partial charge in [-0.25, -0.2) is 0 Å². The molecule has 6 heteroatoms. The van der Waals surface area contributed by atoms with Crippen LogP contribution in [0.3, 0.4) is 0 Å². The molecule has 0 heterocycles. The quantitative estimate of drug-likeness (QED) is 0.635. The van der Waals surface area contributed by atoms with E-state index in [1.54, 1.807) is 0 Å². The summed E-state index contributed by atoms with van der Waals surface area (Å²) in [5.41, 5.74) is 4.82. The van der Waals surface area contributed by atoms with Gasteiger partial charge >= 0.3 is 0 Å². The zero-order valence-corrected chi connectivity index (χ0v) is 12.5. The molecule has 0 spiro atoms. The van der Waals surface area contributed by atoms with Gasteiger partial charge in [-0.2, -0.15) is 0 Å². The van der Waals surface area contributed by atoms with Crippen molar-refractivity contribution in [3.05, 3.63) is 0 Å². The van der Waals surface area contributed by atoms with E-state index in [1.165, 1.54) is 0 Å². The van der Waals surface area contributed by atoms with Crippen LogP contribution in [-0.4, -0.2) is 42.7 Å². The molecule has 0 aromatic carbocycles. The van der Waals surface area contributed by atoms with Gasteiger partial charge in [0.2, 0.25) is 11.8 Å². The average molecular weight is 283 g/mol. The van der Waals surface area contributed by atoms with Crippen molar-refractivity contribution >= 4 is 11.8 Å². The van der Waals surface area contributed by atoms with Crippen molar-refractivity contribution in [1.29, 1.82) is 0 Å². The average Bonchev–Trinajstić information content (AvgIpc) is 3.19. The smallest absolute Gasteiger partial charge is 0.241 e. The highest BCUT2D eigenvalue weighted by Crippen LogP contribution is 2.49. The van der Waals surface area contributed by atoms with Gasteiger partial charge in [-0.3, -0.25) is 9.59 Å². The van der Waals surface area contributed by atoms with Crippen molar-refractivity contribution < 1.29 is 14.3 Å². The van der Waals surface area contributed by atoms with Crippen molar-refractivity contribution in [1.82, 2.24) is 10.6 Å². The summed E-state index contributed by atoms with van der Waals surface area (Å²) in [5, 5.41) is 5.47. The van der Waals surface area contributed by atoms with Gasteiger partial charge in [-0.15, -0.1) is 0 Å². The monoisotopic (exact) mass is 283 g/mol. The summed E-state index contributed by atoms with van der Waals surface area (Å²) < 4.78 is 5.59. The lowest BCUT2D eigenvalue weighted by Gasteiger charge is -2.57. The molecule has 2 amide bonds. The van der Waals surface area contributed by atoms with E-state index in [-0.39, 0.29) is 24.5 Å².